The van der Waals surface area contributed by atoms with Gasteiger partial charge in [0.25, 0.3) is 0 Å². The zero-order valence-corrected chi connectivity index (χ0v) is 10.8. The number of nitrogens with two attached hydrogens (primary N) is 1. The third-order valence-corrected chi connectivity index (χ3v) is 3.23. The molecule has 0 saturated carbocycles. The van der Waals surface area contributed by atoms with Crippen LogP contribution in [-0.2, 0) is 6.54 Å². The number of nitrogens with zero attached hydrogens (tertiary/aromatic N) is 4. The van der Waals surface area contributed by atoms with Gasteiger partial charge < -0.3 is 10.6 Å². The zero-order valence-electron chi connectivity index (χ0n) is 10.8. The summed E-state index contributed by atoms with van der Waals surface area (Å²) in [4.78, 5) is 13.0. The zero-order chi connectivity index (χ0) is 12.4. The van der Waals surface area contributed by atoms with Gasteiger partial charge in [0.15, 0.2) is 0 Å². The van der Waals surface area contributed by atoms with E-state index in [0.29, 0.717) is 12.0 Å². The largest absolute Gasteiger partial charge is 0.347 e. The molecule has 94 valence electrons. The lowest BCUT2D eigenvalue weighted by atomic mass is 10.1. The summed E-state index contributed by atoms with van der Waals surface area (Å²) in [5, 5.41) is 0. The first-order valence-electron chi connectivity index (χ1n) is 6.03. The van der Waals surface area contributed by atoms with E-state index in [1.54, 1.807) is 0 Å². The Morgan fingerprint density at radius 2 is 2.24 bits per heavy atom. The van der Waals surface area contributed by atoms with E-state index in [2.05, 4.69) is 21.8 Å². The lowest BCUT2D eigenvalue weighted by Crippen LogP contribution is -2.28. The molecule has 0 radical (unpaired) electrons. The highest BCUT2D eigenvalue weighted by Gasteiger charge is 2.26. The molecule has 5 nitrogen and oxygen atoms in total. The second-order valence-electron chi connectivity index (χ2n) is 5.08. The Morgan fingerprint density at radius 3 is 2.82 bits per heavy atom. The maximum atomic E-state index is 6.02. The number of hydrogen-bond acceptors (Lipinski definition) is 5. The Morgan fingerprint density at radius 1 is 1.47 bits per heavy atom. The fourth-order valence-electron chi connectivity index (χ4n) is 2.14. The molecule has 2 N–H and O–H groups in total. The monoisotopic (exact) mass is 235 g/mol. The highest BCUT2D eigenvalue weighted by molar-refractivity contribution is 5.27. The standard InChI is InChI=1S/C12H21N5/c1-9-6-17(8-11(9)13)7-10-4-5-14-12(15-10)16(2)3/h4-5,9,11H,6-8,13H2,1-3H3. The Bertz CT molecular complexity index is 369. The van der Waals surface area contributed by atoms with Crippen molar-refractivity contribution in [2.75, 3.05) is 32.1 Å². The quantitative estimate of drug-likeness (QED) is 0.817. The molecule has 0 bridgehead atoms. The molecule has 2 atom stereocenters. The van der Waals surface area contributed by atoms with Crippen molar-refractivity contribution in [1.29, 1.82) is 0 Å². The molecule has 0 aromatic carbocycles. The van der Waals surface area contributed by atoms with Crippen LogP contribution in [0.2, 0.25) is 0 Å². The van der Waals surface area contributed by atoms with Crippen molar-refractivity contribution in [3.8, 4) is 0 Å². The van der Waals surface area contributed by atoms with Crippen LogP contribution in [0.1, 0.15) is 12.6 Å². The first kappa shape index (κ1) is 12.3. The Labute approximate surface area is 103 Å². The predicted octanol–water partition coefficient (Wildman–Crippen LogP) is 0.322. The summed E-state index contributed by atoms with van der Waals surface area (Å²) in [6.45, 7) is 5.09. The average molecular weight is 235 g/mol. The SMILES string of the molecule is CC1CN(Cc2ccnc(N(C)C)n2)CC1N. The van der Waals surface area contributed by atoms with Crippen molar-refractivity contribution >= 4 is 5.95 Å². The number of hydrogen-bond donors (Lipinski definition) is 1. The topological polar surface area (TPSA) is 58.3 Å². The molecule has 1 fully saturated rings. The number of aromatic nitrogens is 2. The van der Waals surface area contributed by atoms with E-state index < -0.39 is 0 Å². The average Bonchev–Trinajstić information content (AvgIpc) is 2.58. The second kappa shape index (κ2) is 4.98. The van der Waals surface area contributed by atoms with Crippen LogP contribution in [-0.4, -0.2) is 48.1 Å². The van der Waals surface area contributed by atoms with Crippen LogP contribution in [0, 0.1) is 5.92 Å². The fourth-order valence-corrected chi connectivity index (χ4v) is 2.14. The summed E-state index contributed by atoms with van der Waals surface area (Å²) in [5.74, 6) is 1.34. The van der Waals surface area contributed by atoms with E-state index in [-0.39, 0.29) is 0 Å². The fraction of sp³-hybridized carbons (Fsp3) is 0.667. The van der Waals surface area contributed by atoms with Crippen LogP contribution in [0.25, 0.3) is 0 Å². The number of likely N-dealkylation sites (tertiary alicyclic amines) is 1. The van der Waals surface area contributed by atoms with Gasteiger partial charge in [0.05, 0.1) is 5.69 Å². The third kappa shape index (κ3) is 2.92. The van der Waals surface area contributed by atoms with Crippen molar-refractivity contribution in [3.05, 3.63) is 18.0 Å². The molecule has 0 aliphatic carbocycles. The lowest BCUT2D eigenvalue weighted by molar-refractivity contribution is 0.315. The van der Waals surface area contributed by atoms with Crippen LogP contribution in [0.15, 0.2) is 12.3 Å². The van der Waals surface area contributed by atoms with Gasteiger partial charge in [0.2, 0.25) is 5.95 Å². The Hall–Kier alpha value is -1.20. The molecule has 0 amide bonds. The molecule has 0 spiro atoms. The summed E-state index contributed by atoms with van der Waals surface area (Å²) in [6, 6.07) is 2.27. The van der Waals surface area contributed by atoms with Crippen molar-refractivity contribution in [2.45, 2.75) is 19.5 Å². The van der Waals surface area contributed by atoms with Gasteiger partial charge >= 0.3 is 0 Å². The van der Waals surface area contributed by atoms with Crippen molar-refractivity contribution < 1.29 is 0 Å². The molecular formula is C12H21N5. The Kier molecular flexibility index (Phi) is 3.59. The minimum absolute atomic E-state index is 0.296. The summed E-state index contributed by atoms with van der Waals surface area (Å²) < 4.78 is 0. The van der Waals surface area contributed by atoms with Crippen molar-refractivity contribution in [2.24, 2.45) is 11.7 Å². The van der Waals surface area contributed by atoms with Gasteiger partial charge in [-0.2, -0.15) is 0 Å². The molecule has 17 heavy (non-hydrogen) atoms. The van der Waals surface area contributed by atoms with Crippen LogP contribution in [0.4, 0.5) is 5.95 Å². The van der Waals surface area contributed by atoms with Gasteiger partial charge in [0.1, 0.15) is 0 Å². The normalized spacial score (nSPS) is 25.2. The molecule has 1 aliphatic heterocycles. The highest BCUT2D eigenvalue weighted by Crippen LogP contribution is 2.17. The maximum Gasteiger partial charge on any atom is 0.225 e. The summed E-state index contributed by atoms with van der Waals surface area (Å²) in [6.07, 6.45) is 1.82. The smallest absolute Gasteiger partial charge is 0.225 e. The van der Waals surface area contributed by atoms with Crippen molar-refractivity contribution in [1.82, 2.24) is 14.9 Å². The molecule has 1 aliphatic rings. The molecule has 2 rings (SSSR count). The highest BCUT2D eigenvalue weighted by atomic mass is 15.2. The predicted molar refractivity (Wildman–Crippen MR) is 68.8 cm³/mol. The minimum atomic E-state index is 0.296. The van der Waals surface area contributed by atoms with Gasteiger partial charge in [-0.15, -0.1) is 0 Å². The van der Waals surface area contributed by atoms with Crippen molar-refractivity contribution in [3.63, 3.8) is 0 Å². The molecular weight excluding hydrogens is 214 g/mol. The van der Waals surface area contributed by atoms with E-state index in [1.165, 1.54) is 0 Å². The molecule has 1 aromatic rings. The molecule has 5 heteroatoms. The van der Waals surface area contributed by atoms with Crippen LogP contribution < -0.4 is 10.6 Å². The number of anilines is 1. The molecule has 2 heterocycles. The van der Waals surface area contributed by atoms with Crippen LogP contribution in [0.5, 0.6) is 0 Å². The summed E-state index contributed by atoms with van der Waals surface area (Å²) >= 11 is 0. The van der Waals surface area contributed by atoms with Gasteiger partial charge in [-0.1, -0.05) is 6.92 Å². The Balaban J connectivity index is 2.02. The lowest BCUT2D eigenvalue weighted by Gasteiger charge is -2.16. The summed E-state index contributed by atoms with van der Waals surface area (Å²) in [5.41, 5.74) is 7.08. The van der Waals surface area contributed by atoms with E-state index in [0.717, 1.165) is 31.3 Å². The van der Waals surface area contributed by atoms with Crippen LogP contribution in [0.3, 0.4) is 0 Å². The van der Waals surface area contributed by atoms with E-state index in [4.69, 9.17) is 5.73 Å². The molecule has 1 aromatic heterocycles. The van der Waals surface area contributed by atoms with Gasteiger partial charge in [-0.3, -0.25) is 4.90 Å². The number of rotatable bonds is 3. The van der Waals surface area contributed by atoms with Crippen LogP contribution >= 0.6 is 0 Å². The van der Waals surface area contributed by atoms with Gasteiger partial charge in [-0.25, -0.2) is 9.97 Å². The second-order valence-corrected chi connectivity index (χ2v) is 5.08. The van der Waals surface area contributed by atoms with E-state index >= 15 is 0 Å². The van der Waals surface area contributed by atoms with E-state index in [9.17, 15) is 0 Å². The summed E-state index contributed by atoms with van der Waals surface area (Å²) in [7, 11) is 3.90. The first-order valence-corrected chi connectivity index (χ1v) is 6.03. The third-order valence-electron chi connectivity index (χ3n) is 3.23. The maximum absolute atomic E-state index is 6.02. The van der Waals surface area contributed by atoms with Gasteiger partial charge in [0, 0.05) is 46.0 Å². The molecule has 1 saturated heterocycles. The van der Waals surface area contributed by atoms with E-state index in [1.807, 2.05) is 31.3 Å². The first-order chi connectivity index (χ1) is 8.06. The van der Waals surface area contributed by atoms with Gasteiger partial charge in [-0.05, 0) is 12.0 Å². The minimum Gasteiger partial charge on any atom is -0.347 e. The molecule has 2 unspecified atom stereocenters.